The second-order valence-electron chi connectivity index (χ2n) is 9.81. The predicted octanol–water partition coefficient (Wildman–Crippen LogP) is 0.350. The molecule has 4 rings (SSSR count). The number of nitrogens with zero attached hydrogens (tertiary/aromatic N) is 3. The third-order valence-electron chi connectivity index (χ3n) is 6.34. The highest BCUT2D eigenvalue weighted by atomic mass is 32.2. The summed E-state index contributed by atoms with van der Waals surface area (Å²) in [7, 11) is -7.57. The van der Waals surface area contributed by atoms with Crippen molar-refractivity contribution in [3.8, 4) is 0 Å². The van der Waals surface area contributed by atoms with E-state index in [1.54, 1.807) is 36.4 Å². The Hall–Kier alpha value is -3.89. The van der Waals surface area contributed by atoms with Gasteiger partial charge in [-0.15, -0.1) is 0 Å². The summed E-state index contributed by atoms with van der Waals surface area (Å²) < 4.78 is 60.8. The molecule has 0 aliphatic carbocycles. The van der Waals surface area contributed by atoms with Gasteiger partial charge in [-0.2, -0.15) is 0 Å². The van der Waals surface area contributed by atoms with Gasteiger partial charge in [0.25, 0.3) is 5.89 Å². The number of amides is 3. The molecule has 3 aromatic rings. The summed E-state index contributed by atoms with van der Waals surface area (Å²) in [5.41, 5.74) is 0.934. The first-order valence-electron chi connectivity index (χ1n) is 13.0. The van der Waals surface area contributed by atoms with Crippen LogP contribution in [0.4, 0.5) is 4.79 Å². The van der Waals surface area contributed by atoms with E-state index in [1.165, 1.54) is 17.2 Å². The van der Waals surface area contributed by atoms with Gasteiger partial charge in [0, 0.05) is 25.5 Å². The first kappa shape index (κ1) is 31.1. The summed E-state index contributed by atoms with van der Waals surface area (Å²) in [5, 5.41) is 4.89. The Labute approximate surface area is 242 Å². The van der Waals surface area contributed by atoms with E-state index in [9.17, 15) is 31.2 Å². The number of para-hydroxylation sites is 2. The number of sulfone groups is 2. The zero-order valence-electron chi connectivity index (χ0n) is 22.8. The fourth-order valence-corrected chi connectivity index (χ4v) is 6.36. The molecule has 42 heavy (non-hydrogen) atoms. The number of oxazole rings is 1. The smallest absolute Gasteiger partial charge is 0.318 e. The Morgan fingerprint density at radius 2 is 1.69 bits per heavy atom. The fourth-order valence-electron chi connectivity index (χ4n) is 4.21. The first-order chi connectivity index (χ1) is 19.9. The van der Waals surface area contributed by atoms with Crippen LogP contribution >= 0.6 is 0 Å². The topological polar surface area (TPSA) is 195 Å². The van der Waals surface area contributed by atoms with Gasteiger partial charge in [-0.05, 0) is 30.7 Å². The number of Topliss-reactive ketones (excluding diaryl/α,β-unsaturated/α-hetero) is 1. The highest BCUT2D eigenvalue weighted by molar-refractivity contribution is 7.90. The van der Waals surface area contributed by atoms with E-state index in [0.29, 0.717) is 11.1 Å². The Bertz CT molecular complexity index is 1600. The van der Waals surface area contributed by atoms with Crippen molar-refractivity contribution in [3.05, 3.63) is 60.2 Å². The van der Waals surface area contributed by atoms with Gasteiger partial charge in [0.1, 0.15) is 21.4 Å². The highest BCUT2D eigenvalue weighted by Crippen LogP contribution is 2.17. The van der Waals surface area contributed by atoms with Gasteiger partial charge in [0.05, 0.1) is 42.2 Å². The molecular formula is C26H31N5O9S2. The van der Waals surface area contributed by atoms with Crippen LogP contribution in [0, 0.1) is 0 Å². The number of carbonyl (C=O) groups excluding carboxylic acids is 3. The van der Waals surface area contributed by atoms with E-state index in [1.807, 2.05) is 0 Å². The maximum absolute atomic E-state index is 13.5. The van der Waals surface area contributed by atoms with Crippen molar-refractivity contribution < 1.29 is 40.4 Å². The Kier molecular flexibility index (Phi) is 9.90. The fraction of sp³-hybridized carbons (Fsp3) is 0.423. The van der Waals surface area contributed by atoms with E-state index >= 15 is 0 Å². The maximum atomic E-state index is 13.5. The zero-order valence-corrected chi connectivity index (χ0v) is 24.4. The van der Waals surface area contributed by atoms with Crippen LogP contribution in [0.2, 0.25) is 0 Å². The molecule has 3 heterocycles. The van der Waals surface area contributed by atoms with E-state index in [2.05, 4.69) is 20.6 Å². The number of fused-ring (bicyclic) bond motifs is 1. The van der Waals surface area contributed by atoms with Gasteiger partial charge >= 0.3 is 6.03 Å². The number of benzene rings is 1. The molecule has 0 radical (unpaired) electrons. The SMILES string of the molecule is CS(=O)(=O)CC[C@H](NC(=O)[C@H](CS(=O)(=O)Cc1ccccn1)NC(=O)N1CCOCC1)C(=O)c1nc2ccccc2o1. The van der Waals surface area contributed by atoms with Gasteiger partial charge in [0.2, 0.25) is 11.7 Å². The van der Waals surface area contributed by atoms with Crippen molar-refractivity contribution in [2.24, 2.45) is 0 Å². The van der Waals surface area contributed by atoms with E-state index in [0.717, 1.165) is 6.26 Å². The Morgan fingerprint density at radius 3 is 2.36 bits per heavy atom. The number of nitrogens with one attached hydrogen (secondary N) is 2. The lowest BCUT2D eigenvalue weighted by Gasteiger charge is -2.29. The van der Waals surface area contributed by atoms with E-state index < -0.39 is 66.7 Å². The Balaban J connectivity index is 1.58. The number of pyridine rings is 1. The molecule has 1 aliphatic rings. The quantitative estimate of drug-likeness (QED) is 0.265. The van der Waals surface area contributed by atoms with Gasteiger partial charge in [0.15, 0.2) is 15.4 Å². The van der Waals surface area contributed by atoms with Crippen molar-refractivity contribution in [3.63, 3.8) is 0 Å². The third kappa shape index (κ3) is 8.80. The van der Waals surface area contributed by atoms with Crippen molar-refractivity contribution in [2.45, 2.75) is 24.3 Å². The van der Waals surface area contributed by atoms with Crippen LogP contribution in [0.25, 0.3) is 11.1 Å². The molecule has 0 spiro atoms. The summed E-state index contributed by atoms with van der Waals surface area (Å²) in [6.45, 7) is 1.01. The van der Waals surface area contributed by atoms with Gasteiger partial charge in [-0.25, -0.2) is 26.6 Å². The lowest BCUT2D eigenvalue weighted by atomic mass is 10.1. The molecule has 1 aromatic carbocycles. The summed E-state index contributed by atoms with van der Waals surface area (Å²) in [4.78, 5) is 49.4. The average Bonchev–Trinajstić information content (AvgIpc) is 3.39. The van der Waals surface area contributed by atoms with E-state index in [4.69, 9.17) is 9.15 Å². The van der Waals surface area contributed by atoms with Crippen molar-refractivity contribution >= 4 is 48.5 Å². The minimum absolute atomic E-state index is 0.230. The number of carbonyl (C=O) groups is 3. The van der Waals surface area contributed by atoms with Crippen LogP contribution in [0.5, 0.6) is 0 Å². The zero-order chi connectivity index (χ0) is 30.3. The molecule has 0 unspecified atom stereocenters. The van der Waals surface area contributed by atoms with Crippen molar-refractivity contribution in [2.75, 3.05) is 44.1 Å². The van der Waals surface area contributed by atoms with Crippen LogP contribution in [0.1, 0.15) is 22.8 Å². The summed E-state index contributed by atoms with van der Waals surface area (Å²) in [6.07, 6.45) is 2.07. The van der Waals surface area contributed by atoms with Crippen LogP contribution in [-0.4, -0.2) is 106 Å². The summed E-state index contributed by atoms with van der Waals surface area (Å²) >= 11 is 0. The number of hydrogen-bond acceptors (Lipinski definition) is 11. The monoisotopic (exact) mass is 621 g/mol. The number of ether oxygens (including phenoxy) is 1. The van der Waals surface area contributed by atoms with Gasteiger partial charge in [-0.1, -0.05) is 18.2 Å². The summed E-state index contributed by atoms with van der Waals surface area (Å²) in [5.74, 6) is -3.92. The Morgan fingerprint density at radius 1 is 0.976 bits per heavy atom. The third-order valence-corrected chi connectivity index (χ3v) is 8.90. The molecule has 226 valence electrons. The highest BCUT2D eigenvalue weighted by Gasteiger charge is 2.34. The summed E-state index contributed by atoms with van der Waals surface area (Å²) in [6, 6.07) is 7.57. The number of morpholine rings is 1. The number of rotatable bonds is 12. The standard InChI is InChI=1S/C26H31N5O9S2/c1-41(35,36)15-9-20(23(32)25-29-19-7-2-3-8-22(19)40-25)28-24(33)21(30-26(34)31-11-13-39-14-12-31)17-42(37,38)16-18-6-4-5-10-27-18/h2-8,10,20-21H,9,11-17H2,1H3,(H,28,33)(H,30,34)/t20-,21-/m0/s1. The second-order valence-corrected chi connectivity index (χ2v) is 14.2. The first-order valence-corrected chi connectivity index (χ1v) is 16.9. The van der Waals surface area contributed by atoms with Crippen molar-refractivity contribution in [1.82, 2.24) is 25.5 Å². The predicted molar refractivity (Wildman–Crippen MR) is 151 cm³/mol. The molecule has 14 nitrogen and oxygen atoms in total. The molecule has 3 amide bonds. The molecule has 16 heteroatoms. The molecule has 2 N–H and O–H groups in total. The molecule has 1 aliphatic heterocycles. The van der Waals surface area contributed by atoms with Crippen LogP contribution in [-0.2, 0) is 35.0 Å². The second kappa shape index (κ2) is 13.4. The normalized spacial score (nSPS) is 15.6. The molecular weight excluding hydrogens is 590 g/mol. The van der Waals surface area contributed by atoms with E-state index in [-0.39, 0.29) is 44.3 Å². The molecule has 2 atom stereocenters. The lowest BCUT2D eigenvalue weighted by Crippen LogP contribution is -2.57. The van der Waals surface area contributed by atoms with Crippen LogP contribution in [0.3, 0.4) is 0 Å². The minimum Gasteiger partial charge on any atom is -0.434 e. The average molecular weight is 622 g/mol. The molecule has 1 saturated heterocycles. The number of ketones is 1. The largest absolute Gasteiger partial charge is 0.434 e. The minimum atomic E-state index is -4.01. The number of aromatic nitrogens is 2. The van der Waals surface area contributed by atoms with Crippen LogP contribution < -0.4 is 10.6 Å². The van der Waals surface area contributed by atoms with Crippen LogP contribution in [0.15, 0.2) is 53.1 Å². The van der Waals surface area contributed by atoms with Gasteiger partial charge in [-0.3, -0.25) is 14.6 Å². The van der Waals surface area contributed by atoms with Gasteiger partial charge < -0.3 is 24.7 Å². The lowest BCUT2D eigenvalue weighted by molar-refractivity contribution is -0.123. The molecule has 0 saturated carbocycles. The number of urea groups is 1. The molecule has 1 fully saturated rings. The number of hydrogen-bond donors (Lipinski definition) is 2. The van der Waals surface area contributed by atoms with Crippen molar-refractivity contribution in [1.29, 1.82) is 0 Å². The molecule has 0 bridgehead atoms. The maximum Gasteiger partial charge on any atom is 0.318 e. The molecule has 2 aromatic heterocycles.